The zero-order chi connectivity index (χ0) is 10.3. The number of nitrogens with zero attached hydrogens (tertiary/aromatic N) is 1. The third-order valence-corrected chi connectivity index (χ3v) is 3.34. The molecule has 0 bridgehead atoms. The highest BCUT2D eigenvalue weighted by Gasteiger charge is 2.52. The van der Waals surface area contributed by atoms with Crippen LogP contribution in [-0.4, -0.2) is 16.1 Å². The van der Waals surface area contributed by atoms with Crippen LogP contribution in [0.5, 0.6) is 0 Å². The van der Waals surface area contributed by atoms with Crippen molar-refractivity contribution in [1.82, 2.24) is 4.98 Å². The van der Waals surface area contributed by atoms with E-state index in [9.17, 15) is 4.79 Å². The van der Waals surface area contributed by atoms with E-state index in [1.165, 1.54) is 0 Å². The van der Waals surface area contributed by atoms with E-state index in [1.54, 1.807) is 12.3 Å². The Morgan fingerprint density at radius 2 is 2.29 bits per heavy atom. The number of halogens is 2. The van der Waals surface area contributed by atoms with Gasteiger partial charge in [0.05, 0.1) is 5.41 Å². The maximum absolute atomic E-state index is 11.1. The van der Waals surface area contributed by atoms with Crippen molar-refractivity contribution < 1.29 is 9.90 Å². The van der Waals surface area contributed by atoms with Crippen LogP contribution in [0.3, 0.4) is 0 Å². The Morgan fingerprint density at radius 1 is 1.64 bits per heavy atom. The number of rotatable bonds is 2. The molecular weight excluding hydrogens is 269 g/mol. The molecule has 0 atom stereocenters. The number of hydrogen-bond acceptors (Lipinski definition) is 2. The smallest absolute Gasteiger partial charge is 0.314 e. The van der Waals surface area contributed by atoms with E-state index in [0.717, 1.165) is 5.56 Å². The monoisotopic (exact) mass is 275 g/mol. The molecule has 1 aliphatic rings. The van der Waals surface area contributed by atoms with E-state index in [2.05, 4.69) is 20.9 Å². The van der Waals surface area contributed by atoms with Crippen LogP contribution in [-0.2, 0) is 10.2 Å². The average molecular weight is 277 g/mol. The summed E-state index contributed by atoms with van der Waals surface area (Å²) in [6.45, 7) is 0. The number of aromatic nitrogens is 1. The maximum atomic E-state index is 11.1. The van der Waals surface area contributed by atoms with Gasteiger partial charge in [-0.05, 0) is 40.4 Å². The highest BCUT2D eigenvalue weighted by atomic mass is 79.9. The van der Waals surface area contributed by atoms with E-state index in [4.69, 9.17) is 16.7 Å². The van der Waals surface area contributed by atoms with Crippen LogP contribution < -0.4 is 0 Å². The quantitative estimate of drug-likeness (QED) is 0.845. The Hall–Kier alpha value is -0.610. The summed E-state index contributed by atoms with van der Waals surface area (Å²) in [5.74, 6) is -0.791. The number of pyridine rings is 1. The molecule has 0 aliphatic heterocycles. The standard InChI is InChI=1S/C9H7BrClNO2/c10-6-4-12-7(11)3-5(6)9(1-2-9)8(13)14/h3-4H,1-2H2,(H,13,14). The zero-order valence-corrected chi connectivity index (χ0v) is 9.47. The van der Waals surface area contributed by atoms with Crippen molar-refractivity contribution in [3.8, 4) is 0 Å². The van der Waals surface area contributed by atoms with Gasteiger partial charge in [-0.25, -0.2) is 4.98 Å². The molecule has 2 rings (SSSR count). The molecule has 0 amide bonds. The van der Waals surface area contributed by atoms with Gasteiger partial charge in [-0.1, -0.05) is 11.6 Å². The lowest BCUT2D eigenvalue weighted by Crippen LogP contribution is -2.20. The van der Waals surface area contributed by atoms with Crippen molar-refractivity contribution in [2.24, 2.45) is 0 Å². The van der Waals surface area contributed by atoms with Crippen LogP contribution in [0.4, 0.5) is 0 Å². The van der Waals surface area contributed by atoms with E-state index in [-0.39, 0.29) is 0 Å². The summed E-state index contributed by atoms with van der Waals surface area (Å²) < 4.78 is 0.710. The normalized spacial score (nSPS) is 17.9. The molecule has 74 valence electrons. The molecule has 1 aromatic heterocycles. The predicted octanol–water partition coefficient (Wildman–Crippen LogP) is 2.61. The predicted molar refractivity (Wildman–Crippen MR) is 55.5 cm³/mol. The summed E-state index contributed by atoms with van der Waals surface area (Å²) >= 11 is 9.02. The van der Waals surface area contributed by atoms with Gasteiger partial charge in [0.1, 0.15) is 5.15 Å². The number of hydrogen-bond donors (Lipinski definition) is 1. The van der Waals surface area contributed by atoms with Crippen LogP contribution in [0, 0.1) is 0 Å². The first kappa shape index (κ1) is 9.93. The summed E-state index contributed by atoms with van der Waals surface area (Å²) in [5.41, 5.74) is -0.00389. The van der Waals surface area contributed by atoms with E-state index >= 15 is 0 Å². The topological polar surface area (TPSA) is 50.2 Å². The largest absolute Gasteiger partial charge is 0.481 e. The van der Waals surface area contributed by atoms with Crippen LogP contribution in [0.15, 0.2) is 16.7 Å². The second-order valence-electron chi connectivity index (χ2n) is 3.37. The molecule has 1 aromatic rings. The first-order valence-electron chi connectivity index (χ1n) is 4.11. The molecule has 14 heavy (non-hydrogen) atoms. The average Bonchev–Trinajstić information content (AvgIpc) is 2.90. The third kappa shape index (κ3) is 1.42. The van der Waals surface area contributed by atoms with Crippen LogP contribution >= 0.6 is 27.5 Å². The molecule has 1 N–H and O–H groups in total. The van der Waals surface area contributed by atoms with Crippen LogP contribution in [0.25, 0.3) is 0 Å². The van der Waals surface area contributed by atoms with Gasteiger partial charge >= 0.3 is 5.97 Å². The molecule has 1 heterocycles. The number of aliphatic carboxylic acids is 1. The molecular formula is C9H7BrClNO2. The lowest BCUT2D eigenvalue weighted by atomic mass is 9.98. The van der Waals surface area contributed by atoms with Gasteiger partial charge in [0, 0.05) is 10.7 Å². The maximum Gasteiger partial charge on any atom is 0.314 e. The van der Waals surface area contributed by atoms with Gasteiger partial charge in [0.25, 0.3) is 0 Å². The van der Waals surface area contributed by atoms with Gasteiger partial charge in [-0.15, -0.1) is 0 Å². The fraction of sp³-hybridized carbons (Fsp3) is 0.333. The summed E-state index contributed by atoms with van der Waals surface area (Å²) in [4.78, 5) is 14.9. The van der Waals surface area contributed by atoms with Crippen molar-refractivity contribution in [3.05, 3.63) is 27.5 Å². The SMILES string of the molecule is O=C(O)C1(c2cc(Cl)ncc2Br)CC1. The van der Waals surface area contributed by atoms with Gasteiger partial charge in [-0.3, -0.25) is 4.79 Å². The minimum absolute atomic E-state index is 0.329. The van der Waals surface area contributed by atoms with Gasteiger partial charge < -0.3 is 5.11 Å². The van der Waals surface area contributed by atoms with Crippen LogP contribution in [0.2, 0.25) is 5.15 Å². The highest BCUT2D eigenvalue weighted by Crippen LogP contribution is 2.50. The van der Waals surface area contributed by atoms with Crippen molar-refractivity contribution in [1.29, 1.82) is 0 Å². The Kier molecular flexibility index (Phi) is 2.27. The van der Waals surface area contributed by atoms with E-state index in [0.29, 0.717) is 22.5 Å². The molecule has 5 heteroatoms. The van der Waals surface area contributed by atoms with Gasteiger partial charge in [0.15, 0.2) is 0 Å². The highest BCUT2D eigenvalue weighted by molar-refractivity contribution is 9.10. The summed E-state index contributed by atoms with van der Waals surface area (Å²) in [6.07, 6.45) is 2.88. The molecule has 0 aromatic carbocycles. The first-order valence-corrected chi connectivity index (χ1v) is 5.28. The first-order chi connectivity index (χ1) is 6.56. The summed E-state index contributed by atoms with van der Waals surface area (Å²) in [6, 6.07) is 1.62. The molecule has 1 fully saturated rings. The van der Waals surface area contributed by atoms with Crippen molar-refractivity contribution in [3.63, 3.8) is 0 Å². The van der Waals surface area contributed by atoms with Crippen molar-refractivity contribution in [2.45, 2.75) is 18.3 Å². The fourth-order valence-corrected chi connectivity index (χ4v) is 2.26. The lowest BCUT2D eigenvalue weighted by Gasteiger charge is -2.11. The number of carboxylic acid groups (broad SMARTS) is 1. The van der Waals surface area contributed by atoms with Gasteiger partial charge in [-0.2, -0.15) is 0 Å². The van der Waals surface area contributed by atoms with Crippen molar-refractivity contribution in [2.75, 3.05) is 0 Å². The Bertz CT molecular complexity index is 404. The van der Waals surface area contributed by atoms with E-state index < -0.39 is 11.4 Å². The minimum atomic E-state index is -0.791. The molecule has 0 saturated heterocycles. The Labute approximate surface area is 94.2 Å². The molecule has 3 nitrogen and oxygen atoms in total. The van der Waals surface area contributed by atoms with E-state index in [1.807, 2.05) is 0 Å². The Balaban J connectivity index is 2.51. The summed E-state index contributed by atoms with van der Waals surface area (Å²) in [7, 11) is 0. The molecule has 1 saturated carbocycles. The molecule has 1 aliphatic carbocycles. The lowest BCUT2D eigenvalue weighted by molar-refractivity contribution is -0.140. The third-order valence-electron chi connectivity index (χ3n) is 2.50. The fourth-order valence-electron chi connectivity index (χ4n) is 1.50. The molecule has 0 unspecified atom stereocenters. The number of carbonyl (C=O) groups is 1. The molecule has 0 spiro atoms. The van der Waals surface area contributed by atoms with Crippen molar-refractivity contribution >= 4 is 33.5 Å². The number of carboxylic acids is 1. The zero-order valence-electron chi connectivity index (χ0n) is 7.13. The van der Waals surface area contributed by atoms with Crippen LogP contribution in [0.1, 0.15) is 18.4 Å². The second-order valence-corrected chi connectivity index (χ2v) is 4.62. The summed E-state index contributed by atoms with van der Waals surface area (Å²) in [5, 5.41) is 9.42. The second kappa shape index (κ2) is 3.21. The molecule has 0 radical (unpaired) electrons. The van der Waals surface area contributed by atoms with Gasteiger partial charge in [0.2, 0.25) is 0 Å². The Morgan fingerprint density at radius 3 is 2.79 bits per heavy atom. The minimum Gasteiger partial charge on any atom is -0.481 e.